The maximum absolute atomic E-state index is 11.4. The van der Waals surface area contributed by atoms with Crippen molar-refractivity contribution >= 4 is 5.97 Å². The predicted molar refractivity (Wildman–Crippen MR) is 116 cm³/mol. The van der Waals surface area contributed by atoms with Crippen LogP contribution < -0.4 is 24.0 Å². The predicted octanol–water partition coefficient (Wildman–Crippen LogP) is 2.65. The third kappa shape index (κ3) is 15.4. The third-order valence-corrected chi connectivity index (χ3v) is 5.29. The fraction of sp³-hybridized carbons (Fsp3) is 0.792. The quantitative estimate of drug-likeness (QED) is 0.207. The Morgan fingerprint density at radius 3 is 1.54 bits per heavy atom. The summed E-state index contributed by atoms with van der Waals surface area (Å²) in [7, 11) is 0. The normalized spacial score (nSPS) is 13.9. The van der Waals surface area contributed by atoms with Gasteiger partial charge in [0.15, 0.2) is 0 Å². The van der Waals surface area contributed by atoms with Crippen molar-refractivity contribution in [2.45, 2.75) is 117 Å². The van der Waals surface area contributed by atoms with E-state index in [4.69, 9.17) is 0 Å². The molecule has 0 saturated carbocycles. The molecular formula is C24H44LiNO2. The molecular weight excluding hydrogens is 341 g/mol. The fourth-order valence-corrected chi connectivity index (χ4v) is 3.55. The van der Waals surface area contributed by atoms with Gasteiger partial charge in [0.1, 0.15) is 0 Å². The summed E-state index contributed by atoms with van der Waals surface area (Å²) in [6, 6.07) is 0.535. The minimum Gasteiger partial charge on any atom is -0.549 e. The zero-order chi connectivity index (χ0) is 20.3. The van der Waals surface area contributed by atoms with E-state index >= 15 is 0 Å². The van der Waals surface area contributed by atoms with Crippen molar-refractivity contribution in [3.63, 3.8) is 0 Å². The molecule has 0 bridgehead atoms. The Labute approximate surface area is 187 Å². The first kappa shape index (κ1) is 29.7. The molecule has 0 radical (unpaired) electrons. The van der Waals surface area contributed by atoms with Crippen molar-refractivity contribution in [2.24, 2.45) is 0 Å². The van der Waals surface area contributed by atoms with E-state index in [-0.39, 0.29) is 37.5 Å². The number of hydrogen-bond donors (Lipinski definition) is 0. The van der Waals surface area contributed by atoms with Gasteiger partial charge in [-0.15, -0.1) is 0 Å². The van der Waals surface area contributed by atoms with Crippen LogP contribution in [-0.4, -0.2) is 29.5 Å². The van der Waals surface area contributed by atoms with Crippen LogP contribution in [0.4, 0.5) is 0 Å². The number of carbonyl (C=O) groups excluding carboxylic acids is 1. The van der Waals surface area contributed by atoms with Crippen LogP contribution in [0.2, 0.25) is 0 Å². The molecule has 4 heteroatoms. The van der Waals surface area contributed by atoms with Crippen LogP contribution in [-0.2, 0) is 4.79 Å². The SMILES string of the molecule is CCCCC/C=C/CC(CC)N(CC(=O)[O-])C(CC)C/C=C/CCCCC.[Li+]. The van der Waals surface area contributed by atoms with Crippen LogP contribution in [0.15, 0.2) is 24.3 Å². The van der Waals surface area contributed by atoms with E-state index in [0.29, 0.717) is 0 Å². The largest absolute Gasteiger partial charge is 1.00 e. The van der Waals surface area contributed by atoms with Gasteiger partial charge in [0.25, 0.3) is 0 Å². The van der Waals surface area contributed by atoms with Crippen LogP contribution in [0.3, 0.4) is 0 Å². The number of carboxylic acids is 1. The maximum atomic E-state index is 11.4. The Morgan fingerprint density at radius 2 is 1.21 bits per heavy atom. The molecule has 0 saturated heterocycles. The topological polar surface area (TPSA) is 43.4 Å². The summed E-state index contributed by atoms with van der Waals surface area (Å²) in [5.41, 5.74) is 0. The van der Waals surface area contributed by atoms with Gasteiger partial charge in [-0.05, 0) is 51.4 Å². The zero-order valence-corrected chi connectivity index (χ0v) is 19.4. The molecule has 0 N–H and O–H groups in total. The Hall–Kier alpha value is -0.493. The van der Waals surface area contributed by atoms with Crippen LogP contribution in [0, 0.1) is 0 Å². The standard InChI is InChI=1S/C24H45NO2.Li/c1-5-9-11-13-15-17-19-22(7-3)25(21-24(26)27)23(8-4)20-18-16-14-12-10-6-2;/h15-18,22-23H,5-14,19-21H2,1-4H3,(H,26,27);/q;+1/p-1/b17-15+,18-16+;. The van der Waals surface area contributed by atoms with Gasteiger partial charge >= 0.3 is 18.9 Å². The Balaban J connectivity index is 0. The van der Waals surface area contributed by atoms with E-state index in [1.54, 1.807) is 0 Å². The molecule has 0 aromatic heterocycles. The molecule has 0 aromatic carbocycles. The molecule has 0 aromatic rings. The molecule has 2 unspecified atom stereocenters. The number of carbonyl (C=O) groups is 1. The van der Waals surface area contributed by atoms with Crippen molar-refractivity contribution in [1.82, 2.24) is 4.90 Å². The van der Waals surface area contributed by atoms with E-state index in [1.807, 2.05) is 0 Å². The molecule has 158 valence electrons. The Kier molecular flexibility index (Phi) is 22.5. The summed E-state index contributed by atoms with van der Waals surface area (Å²) < 4.78 is 0. The summed E-state index contributed by atoms with van der Waals surface area (Å²) in [6.45, 7) is 8.79. The first-order valence-corrected chi connectivity index (χ1v) is 11.4. The first-order chi connectivity index (χ1) is 13.1. The molecule has 0 amide bonds. The Morgan fingerprint density at radius 1 is 0.786 bits per heavy atom. The molecule has 0 rings (SSSR count). The molecule has 2 atom stereocenters. The number of carboxylic acid groups (broad SMARTS) is 1. The molecule has 0 aliphatic heterocycles. The van der Waals surface area contributed by atoms with E-state index in [2.05, 4.69) is 56.9 Å². The van der Waals surface area contributed by atoms with Gasteiger partial charge < -0.3 is 9.90 Å². The van der Waals surface area contributed by atoms with Crippen LogP contribution in [0.1, 0.15) is 105 Å². The van der Waals surface area contributed by atoms with E-state index in [0.717, 1.165) is 38.5 Å². The van der Waals surface area contributed by atoms with Crippen LogP contribution >= 0.6 is 0 Å². The number of rotatable bonds is 18. The molecule has 0 aliphatic rings. The van der Waals surface area contributed by atoms with Crippen molar-refractivity contribution in [3.8, 4) is 0 Å². The number of allylic oxidation sites excluding steroid dienone is 2. The zero-order valence-electron chi connectivity index (χ0n) is 19.4. The van der Waals surface area contributed by atoms with E-state index < -0.39 is 5.97 Å². The first-order valence-electron chi connectivity index (χ1n) is 11.4. The third-order valence-electron chi connectivity index (χ3n) is 5.29. The van der Waals surface area contributed by atoms with Crippen molar-refractivity contribution in [3.05, 3.63) is 24.3 Å². The average Bonchev–Trinajstić information content (AvgIpc) is 2.65. The number of nitrogens with zero attached hydrogens (tertiary/aromatic N) is 1. The second kappa shape index (κ2) is 21.2. The average molecular weight is 386 g/mol. The second-order valence-electron chi connectivity index (χ2n) is 7.57. The number of unbranched alkanes of at least 4 members (excludes halogenated alkanes) is 6. The van der Waals surface area contributed by atoms with Gasteiger partial charge in [-0.1, -0.05) is 77.7 Å². The summed E-state index contributed by atoms with van der Waals surface area (Å²) >= 11 is 0. The van der Waals surface area contributed by atoms with Crippen LogP contribution in [0.25, 0.3) is 0 Å². The minimum absolute atomic E-state index is 0. The Bertz CT molecular complexity index is 379. The number of hydrogen-bond acceptors (Lipinski definition) is 3. The molecule has 0 spiro atoms. The summed E-state index contributed by atoms with van der Waals surface area (Å²) in [6.07, 6.45) is 22.6. The molecule has 0 aliphatic carbocycles. The van der Waals surface area contributed by atoms with Gasteiger partial charge in [-0.3, -0.25) is 4.90 Å². The molecule has 0 fully saturated rings. The smallest absolute Gasteiger partial charge is 0.549 e. The van der Waals surface area contributed by atoms with Crippen molar-refractivity contribution in [2.75, 3.05) is 6.54 Å². The van der Waals surface area contributed by atoms with Gasteiger partial charge in [0, 0.05) is 18.6 Å². The van der Waals surface area contributed by atoms with Gasteiger partial charge in [-0.25, -0.2) is 0 Å². The van der Waals surface area contributed by atoms with Gasteiger partial charge in [0.05, 0.1) is 5.97 Å². The number of aliphatic carboxylic acids is 1. The summed E-state index contributed by atoms with van der Waals surface area (Å²) in [5, 5.41) is 11.4. The molecule has 3 nitrogen and oxygen atoms in total. The van der Waals surface area contributed by atoms with Crippen molar-refractivity contribution < 1.29 is 28.8 Å². The second-order valence-corrected chi connectivity index (χ2v) is 7.57. The van der Waals surface area contributed by atoms with Crippen LogP contribution in [0.5, 0.6) is 0 Å². The fourth-order valence-electron chi connectivity index (χ4n) is 3.55. The van der Waals surface area contributed by atoms with Gasteiger partial charge in [-0.2, -0.15) is 0 Å². The van der Waals surface area contributed by atoms with E-state index in [9.17, 15) is 9.90 Å². The maximum Gasteiger partial charge on any atom is 1.00 e. The van der Waals surface area contributed by atoms with E-state index in [1.165, 1.54) is 38.5 Å². The van der Waals surface area contributed by atoms with Gasteiger partial charge in [0.2, 0.25) is 0 Å². The monoisotopic (exact) mass is 385 g/mol. The molecule has 0 heterocycles. The van der Waals surface area contributed by atoms with Crippen molar-refractivity contribution in [1.29, 1.82) is 0 Å². The summed E-state index contributed by atoms with van der Waals surface area (Å²) in [5.74, 6) is -0.967. The minimum atomic E-state index is -0.967. The summed E-state index contributed by atoms with van der Waals surface area (Å²) in [4.78, 5) is 13.5. The molecule has 28 heavy (non-hydrogen) atoms.